The number of nitrogens with zero attached hydrogens (tertiary/aromatic N) is 2. The largest absolute Gasteiger partial charge is 0.406 e. The van der Waals surface area contributed by atoms with Gasteiger partial charge < -0.3 is 15.0 Å². The Morgan fingerprint density at radius 1 is 1.61 bits per heavy atom. The molecule has 0 bridgehead atoms. The van der Waals surface area contributed by atoms with Crippen LogP contribution in [0.2, 0.25) is 0 Å². The monoisotopic (exact) mass is 266 g/mol. The van der Waals surface area contributed by atoms with Crippen LogP contribution in [0.4, 0.5) is 23.7 Å². The highest BCUT2D eigenvalue weighted by Crippen LogP contribution is 2.17. The lowest BCUT2D eigenvalue weighted by atomic mass is 10.4. The first-order valence-electron chi connectivity index (χ1n) is 5.03. The van der Waals surface area contributed by atoms with Gasteiger partial charge in [0.1, 0.15) is 6.54 Å². The second-order valence-corrected chi connectivity index (χ2v) is 3.45. The number of hydrogen-bond donors (Lipinski definition) is 2. The molecule has 2 N–H and O–H groups in total. The first-order valence-corrected chi connectivity index (χ1v) is 5.03. The molecule has 18 heavy (non-hydrogen) atoms. The fraction of sp³-hybridized carbons (Fsp3) is 0.556. The fourth-order valence-corrected chi connectivity index (χ4v) is 1.19. The fourth-order valence-electron chi connectivity index (χ4n) is 1.19. The number of nitrogens with one attached hydrogen (secondary N) is 2. The summed E-state index contributed by atoms with van der Waals surface area (Å²) in [6.45, 7) is -1.46. The van der Waals surface area contributed by atoms with Crippen LogP contribution in [0.25, 0.3) is 0 Å². The number of alkyl halides is 3. The van der Waals surface area contributed by atoms with Gasteiger partial charge in [0.05, 0.1) is 18.5 Å². The molecule has 0 saturated heterocycles. The maximum atomic E-state index is 12.3. The second-order valence-electron chi connectivity index (χ2n) is 3.45. The molecule has 0 radical (unpaired) electrons. The molecule has 0 aliphatic rings. The van der Waals surface area contributed by atoms with Crippen molar-refractivity contribution in [2.24, 2.45) is 0 Å². The van der Waals surface area contributed by atoms with Crippen LogP contribution >= 0.6 is 0 Å². The lowest BCUT2D eigenvalue weighted by molar-refractivity contribution is -0.140. The van der Waals surface area contributed by atoms with E-state index in [2.05, 4.69) is 20.3 Å². The summed E-state index contributed by atoms with van der Waals surface area (Å²) in [5.41, 5.74) is 0.296. The van der Waals surface area contributed by atoms with Crippen molar-refractivity contribution < 1.29 is 22.7 Å². The highest BCUT2D eigenvalue weighted by molar-refractivity contribution is 5.89. The van der Waals surface area contributed by atoms with E-state index in [0.717, 1.165) is 0 Å². The molecule has 9 heteroatoms. The number of hydrogen-bond acceptors (Lipinski definition) is 3. The molecule has 1 heterocycles. The molecule has 0 aliphatic carbocycles. The zero-order chi connectivity index (χ0) is 13.6. The van der Waals surface area contributed by atoms with Gasteiger partial charge in [-0.25, -0.2) is 4.79 Å². The molecular weight excluding hydrogens is 253 g/mol. The molecule has 0 spiro atoms. The molecule has 6 nitrogen and oxygen atoms in total. The molecule has 0 aromatic carbocycles. The van der Waals surface area contributed by atoms with Crippen LogP contribution in [0.5, 0.6) is 0 Å². The first-order chi connectivity index (χ1) is 8.42. The maximum absolute atomic E-state index is 12.3. The van der Waals surface area contributed by atoms with Crippen molar-refractivity contribution in [2.45, 2.75) is 6.18 Å². The number of H-pyrrole nitrogens is 1. The SMILES string of the molecule is COCCN(CC(F)(F)F)C(=O)Nc1cn[nH]c1. The van der Waals surface area contributed by atoms with Gasteiger partial charge in [0.2, 0.25) is 0 Å². The minimum Gasteiger partial charge on any atom is -0.383 e. The number of anilines is 1. The summed E-state index contributed by atoms with van der Waals surface area (Å²) >= 11 is 0. The zero-order valence-corrected chi connectivity index (χ0v) is 9.62. The third kappa shape index (κ3) is 5.04. The van der Waals surface area contributed by atoms with E-state index in [4.69, 9.17) is 0 Å². The van der Waals surface area contributed by atoms with Gasteiger partial charge in [-0.1, -0.05) is 0 Å². The topological polar surface area (TPSA) is 70.2 Å². The van der Waals surface area contributed by atoms with E-state index in [0.29, 0.717) is 10.6 Å². The molecule has 0 atom stereocenters. The van der Waals surface area contributed by atoms with Gasteiger partial charge in [-0.3, -0.25) is 5.10 Å². The van der Waals surface area contributed by atoms with Crippen LogP contribution in [-0.2, 0) is 4.74 Å². The Kier molecular flexibility index (Phi) is 4.95. The highest BCUT2D eigenvalue weighted by Gasteiger charge is 2.32. The van der Waals surface area contributed by atoms with E-state index in [1.165, 1.54) is 19.5 Å². The van der Waals surface area contributed by atoms with E-state index in [1.54, 1.807) is 0 Å². The Hall–Kier alpha value is -1.77. The van der Waals surface area contributed by atoms with Gasteiger partial charge in [0.15, 0.2) is 0 Å². The Morgan fingerprint density at radius 3 is 2.83 bits per heavy atom. The molecule has 1 aromatic heterocycles. The maximum Gasteiger partial charge on any atom is 0.406 e. The summed E-state index contributed by atoms with van der Waals surface area (Å²) in [5.74, 6) is 0. The van der Waals surface area contributed by atoms with Crippen LogP contribution in [0.3, 0.4) is 0 Å². The first kappa shape index (κ1) is 14.3. The summed E-state index contributed by atoms with van der Waals surface area (Å²) in [4.78, 5) is 12.2. The third-order valence-electron chi connectivity index (χ3n) is 1.97. The molecule has 2 amide bonds. The molecule has 102 valence electrons. The van der Waals surface area contributed by atoms with E-state index in [9.17, 15) is 18.0 Å². The quantitative estimate of drug-likeness (QED) is 0.847. The summed E-state index contributed by atoms with van der Waals surface area (Å²) in [6.07, 6.45) is -1.80. The predicted molar refractivity (Wildman–Crippen MR) is 57.1 cm³/mol. The van der Waals surface area contributed by atoms with Crippen molar-refractivity contribution in [3.8, 4) is 0 Å². The smallest absolute Gasteiger partial charge is 0.383 e. The molecule has 1 aromatic rings. The molecule has 0 saturated carbocycles. The van der Waals surface area contributed by atoms with Crippen LogP contribution in [0.15, 0.2) is 12.4 Å². The van der Waals surface area contributed by atoms with Crippen molar-refractivity contribution in [2.75, 3.05) is 32.1 Å². The van der Waals surface area contributed by atoms with Crippen LogP contribution in [0, 0.1) is 0 Å². The highest BCUT2D eigenvalue weighted by atomic mass is 19.4. The van der Waals surface area contributed by atoms with Crippen LogP contribution in [0.1, 0.15) is 0 Å². The number of rotatable bonds is 5. The van der Waals surface area contributed by atoms with Gasteiger partial charge in [0, 0.05) is 19.9 Å². The van der Waals surface area contributed by atoms with Gasteiger partial charge in [-0.05, 0) is 0 Å². The number of carbonyl (C=O) groups excluding carboxylic acids is 1. The van der Waals surface area contributed by atoms with Gasteiger partial charge >= 0.3 is 12.2 Å². The van der Waals surface area contributed by atoms with E-state index < -0.39 is 18.8 Å². The van der Waals surface area contributed by atoms with Crippen LogP contribution < -0.4 is 5.32 Å². The standard InChI is InChI=1S/C9H13F3N4O2/c1-18-3-2-16(6-9(10,11)12)8(17)15-7-4-13-14-5-7/h4-5H,2-3,6H2,1H3,(H,13,14)(H,15,17). The van der Waals surface area contributed by atoms with E-state index in [1.807, 2.05) is 0 Å². The van der Waals surface area contributed by atoms with Gasteiger partial charge in [0.25, 0.3) is 0 Å². The molecular formula is C9H13F3N4O2. The Labute approximate surface area is 101 Å². The van der Waals surface area contributed by atoms with E-state index in [-0.39, 0.29) is 13.2 Å². The summed E-state index contributed by atoms with van der Waals surface area (Å²) in [6, 6.07) is -0.856. The average Bonchev–Trinajstić information content (AvgIpc) is 2.75. The molecule has 0 aliphatic heterocycles. The Morgan fingerprint density at radius 2 is 2.33 bits per heavy atom. The minimum absolute atomic E-state index is 0.0227. The third-order valence-corrected chi connectivity index (χ3v) is 1.97. The lowest BCUT2D eigenvalue weighted by Gasteiger charge is -2.23. The number of halogens is 3. The normalized spacial score (nSPS) is 11.3. The molecule has 0 fully saturated rings. The van der Waals surface area contributed by atoms with Crippen molar-refractivity contribution in [3.05, 3.63) is 12.4 Å². The number of methoxy groups -OCH3 is 1. The average molecular weight is 266 g/mol. The zero-order valence-electron chi connectivity index (χ0n) is 9.62. The number of amides is 2. The lowest BCUT2D eigenvalue weighted by Crippen LogP contribution is -2.43. The summed E-state index contributed by atoms with van der Waals surface area (Å²) in [7, 11) is 1.35. The van der Waals surface area contributed by atoms with Crippen LogP contribution in [-0.4, -0.2) is 54.1 Å². The number of urea groups is 1. The number of aromatic nitrogens is 2. The number of carbonyl (C=O) groups is 1. The Bertz CT molecular complexity index is 366. The van der Waals surface area contributed by atoms with Crippen molar-refractivity contribution in [1.29, 1.82) is 0 Å². The number of aromatic amines is 1. The summed E-state index contributed by atoms with van der Waals surface area (Å²) < 4.78 is 41.5. The van der Waals surface area contributed by atoms with Crippen molar-refractivity contribution in [3.63, 3.8) is 0 Å². The van der Waals surface area contributed by atoms with Crippen molar-refractivity contribution in [1.82, 2.24) is 15.1 Å². The van der Waals surface area contributed by atoms with Crippen molar-refractivity contribution >= 4 is 11.7 Å². The van der Waals surface area contributed by atoms with Gasteiger partial charge in [-0.15, -0.1) is 0 Å². The number of ether oxygens (including phenoxy) is 1. The Balaban J connectivity index is 2.60. The molecule has 0 unspecified atom stereocenters. The van der Waals surface area contributed by atoms with Gasteiger partial charge in [-0.2, -0.15) is 18.3 Å². The minimum atomic E-state index is -4.46. The second kappa shape index (κ2) is 6.24. The predicted octanol–water partition coefficient (Wildman–Crippen LogP) is 1.45. The van der Waals surface area contributed by atoms with E-state index >= 15 is 0 Å². The molecule has 1 rings (SSSR count). The summed E-state index contributed by atoms with van der Waals surface area (Å²) in [5, 5.41) is 8.29.